The molecule has 1 saturated heterocycles. The Labute approximate surface area is 317 Å². The third-order valence-corrected chi connectivity index (χ3v) is 12.9. The SMILES string of the molecule is Cc1cc(C(=O)N[C@H]2CCCCCC=C[C@@H]3C[C@@]3(C(=O)NS(=O)(=O)C3CC3)NC(=O)[C@@H]3C[C@@H](Oc4nc5ncncc5c5ccccc45)CN3C2=O)nn1C. The number of aromatic nitrogens is 5. The molecule has 0 bridgehead atoms. The van der Waals surface area contributed by atoms with E-state index >= 15 is 0 Å². The maximum atomic E-state index is 14.7. The fourth-order valence-corrected chi connectivity index (χ4v) is 9.03. The van der Waals surface area contributed by atoms with E-state index in [2.05, 4.69) is 35.4 Å². The van der Waals surface area contributed by atoms with Crippen molar-refractivity contribution in [3.63, 3.8) is 0 Å². The molecule has 5 atom stereocenters. The van der Waals surface area contributed by atoms with E-state index in [1.54, 1.807) is 24.0 Å². The van der Waals surface area contributed by atoms with Gasteiger partial charge >= 0.3 is 0 Å². The van der Waals surface area contributed by atoms with Crippen molar-refractivity contribution in [2.24, 2.45) is 13.0 Å². The summed E-state index contributed by atoms with van der Waals surface area (Å²) in [6, 6.07) is 7.04. The number of carbonyl (C=O) groups excluding carboxylic acids is 4. The lowest BCUT2D eigenvalue weighted by atomic mass is 10.0. The van der Waals surface area contributed by atoms with Crippen molar-refractivity contribution >= 4 is 55.5 Å². The minimum atomic E-state index is -3.90. The Morgan fingerprint density at radius 2 is 1.85 bits per heavy atom. The number of amides is 4. The van der Waals surface area contributed by atoms with E-state index in [0.29, 0.717) is 43.1 Å². The molecule has 16 nitrogen and oxygen atoms in total. The van der Waals surface area contributed by atoms with Gasteiger partial charge in [-0.05, 0) is 63.0 Å². The van der Waals surface area contributed by atoms with Crippen molar-refractivity contribution in [3.05, 3.63) is 66.4 Å². The van der Waals surface area contributed by atoms with Crippen LogP contribution in [0.4, 0.5) is 0 Å². The summed E-state index contributed by atoms with van der Waals surface area (Å²) in [5.74, 6) is -2.58. The molecule has 1 aromatic carbocycles. The summed E-state index contributed by atoms with van der Waals surface area (Å²) >= 11 is 0. The van der Waals surface area contributed by atoms with Gasteiger partial charge in [0, 0.05) is 42.0 Å². The smallest absolute Gasteiger partial charge is 0.272 e. The van der Waals surface area contributed by atoms with E-state index < -0.39 is 68.5 Å². The van der Waals surface area contributed by atoms with Crippen LogP contribution in [0.25, 0.3) is 21.8 Å². The highest BCUT2D eigenvalue weighted by Gasteiger charge is 2.62. The molecule has 8 rings (SSSR count). The van der Waals surface area contributed by atoms with E-state index in [-0.39, 0.29) is 31.0 Å². The number of aryl methyl sites for hydroxylation is 2. The second kappa shape index (κ2) is 14.3. The zero-order valence-electron chi connectivity index (χ0n) is 30.6. The summed E-state index contributed by atoms with van der Waals surface area (Å²) in [6.07, 6.45) is 10.5. The number of allylic oxidation sites excluding steroid dienone is 1. The Hall–Kier alpha value is -5.45. The summed E-state index contributed by atoms with van der Waals surface area (Å²) in [6.45, 7) is 1.79. The molecule has 4 amide bonds. The maximum absolute atomic E-state index is 14.7. The number of hydrogen-bond acceptors (Lipinski definition) is 11. The fraction of sp³-hybridized carbons (Fsp3) is 0.474. The van der Waals surface area contributed by atoms with E-state index in [1.165, 1.54) is 11.2 Å². The van der Waals surface area contributed by atoms with Gasteiger partial charge in [0.15, 0.2) is 5.65 Å². The van der Waals surface area contributed by atoms with Gasteiger partial charge in [0.05, 0.1) is 11.8 Å². The number of rotatable bonds is 7. The lowest BCUT2D eigenvalue weighted by Crippen LogP contribution is -2.58. The normalized spacial score (nSPS) is 26.0. The van der Waals surface area contributed by atoms with Gasteiger partial charge in [0.1, 0.15) is 35.7 Å². The number of carbonyl (C=O) groups is 4. The molecule has 2 aliphatic carbocycles. The highest BCUT2D eigenvalue weighted by molar-refractivity contribution is 7.91. The molecule has 288 valence electrons. The Balaban J connectivity index is 1.12. The van der Waals surface area contributed by atoms with Crippen LogP contribution in [0.5, 0.6) is 5.88 Å². The Kier molecular flexibility index (Phi) is 9.51. The van der Waals surface area contributed by atoms with Crippen molar-refractivity contribution in [1.82, 2.24) is 45.0 Å². The topological polar surface area (TPSA) is 207 Å². The molecular formula is C38H43N9O7S. The van der Waals surface area contributed by atoms with Gasteiger partial charge in [0.25, 0.3) is 11.8 Å². The number of nitrogens with one attached hydrogen (secondary N) is 3. The van der Waals surface area contributed by atoms with E-state index in [0.717, 1.165) is 29.3 Å². The summed E-state index contributed by atoms with van der Waals surface area (Å²) in [5.41, 5.74) is -0.160. The van der Waals surface area contributed by atoms with Crippen molar-refractivity contribution in [3.8, 4) is 5.88 Å². The van der Waals surface area contributed by atoms with Crippen LogP contribution in [0.2, 0.25) is 0 Å². The first-order valence-corrected chi connectivity index (χ1v) is 20.3. The molecule has 0 unspecified atom stereocenters. The molecule has 3 aromatic heterocycles. The molecule has 2 saturated carbocycles. The number of nitrogens with zero attached hydrogens (tertiary/aromatic N) is 6. The molecule has 0 radical (unpaired) electrons. The maximum Gasteiger partial charge on any atom is 0.272 e. The van der Waals surface area contributed by atoms with Crippen LogP contribution in [0.1, 0.15) is 74.0 Å². The Morgan fingerprint density at radius 3 is 2.62 bits per heavy atom. The molecule has 0 spiro atoms. The van der Waals surface area contributed by atoms with Crippen LogP contribution in [-0.4, -0.2) is 97.2 Å². The number of hydrogen-bond donors (Lipinski definition) is 3. The van der Waals surface area contributed by atoms with Gasteiger partial charge in [-0.3, -0.25) is 28.6 Å². The minimum absolute atomic E-state index is 0.0254. The Bertz CT molecular complexity index is 2320. The van der Waals surface area contributed by atoms with Crippen LogP contribution >= 0.6 is 0 Å². The molecule has 3 N–H and O–H groups in total. The monoisotopic (exact) mass is 769 g/mol. The van der Waals surface area contributed by atoms with E-state index in [1.807, 2.05) is 43.3 Å². The fourth-order valence-electron chi connectivity index (χ4n) is 7.66. The highest BCUT2D eigenvalue weighted by Crippen LogP contribution is 2.46. The molecule has 5 heterocycles. The Morgan fingerprint density at radius 1 is 1.05 bits per heavy atom. The molecule has 55 heavy (non-hydrogen) atoms. The van der Waals surface area contributed by atoms with Crippen molar-refractivity contribution in [2.75, 3.05) is 6.54 Å². The van der Waals surface area contributed by atoms with Crippen LogP contribution < -0.4 is 20.1 Å². The summed E-state index contributed by atoms with van der Waals surface area (Å²) in [5, 5.41) is 11.7. The molecule has 4 aliphatic rings. The van der Waals surface area contributed by atoms with Crippen LogP contribution in [0.3, 0.4) is 0 Å². The summed E-state index contributed by atoms with van der Waals surface area (Å²) in [4.78, 5) is 70.9. The number of benzene rings is 1. The third-order valence-electron chi connectivity index (χ3n) is 11.1. The average Bonchev–Trinajstić information content (AvgIpc) is 4.07. The van der Waals surface area contributed by atoms with Gasteiger partial charge < -0.3 is 20.3 Å². The number of sulfonamides is 1. The predicted octanol–water partition coefficient (Wildman–Crippen LogP) is 2.37. The number of ether oxygens (including phenoxy) is 1. The zero-order valence-corrected chi connectivity index (χ0v) is 31.4. The van der Waals surface area contributed by atoms with Gasteiger partial charge in [-0.2, -0.15) is 10.1 Å². The predicted molar refractivity (Wildman–Crippen MR) is 200 cm³/mol. The van der Waals surface area contributed by atoms with Crippen LogP contribution in [-0.2, 0) is 31.5 Å². The number of pyridine rings is 1. The standard InChI is InChI=1S/C38H43N9O7S/c1-22-16-30(44-46(22)2)33(48)41-29-13-7-5-3-4-6-10-23-18-38(23,37(51)45-55(52,53)25-14-15-25)43-34(49)31-17-24(20-47(31)36(29)50)54-35-27-12-9-8-11-26(27)28-19-39-21-40-32(28)42-35/h6,8-12,16,19,21,23-25,29,31H,3-5,7,13-15,17-18,20H2,1-2H3,(H,41,48)(H,43,49)(H,45,51)/t23-,24-,29+,31+,38-/m1/s1. The second-order valence-electron chi connectivity index (χ2n) is 15.0. The lowest BCUT2D eigenvalue weighted by molar-refractivity contribution is -0.141. The van der Waals surface area contributed by atoms with Gasteiger partial charge in [-0.15, -0.1) is 0 Å². The van der Waals surface area contributed by atoms with Crippen molar-refractivity contribution < 1.29 is 32.3 Å². The molecular weight excluding hydrogens is 727 g/mol. The minimum Gasteiger partial charge on any atom is -0.472 e. The van der Waals surface area contributed by atoms with Crippen LogP contribution in [0.15, 0.2) is 55.0 Å². The van der Waals surface area contributed by atoms with Crippen molar-refractivity contribution in [1.29, 1.82) is 0 Å². The average molecular weight is 770 g/mol. The molecule has 17 heteroatoms. The number of fused-ring (bicyclic) bond motifs is 5. The van der Waals surface area contributed by atoms with Gasteiger partial charge in [-0.1, -0.05) is 43.2 Å². The largest absolute Gasteiger partial charge is 0.472 e. The summed E-state index contributed by atoms with van der Waals surface area (Å²) in [7, 11) is -2.17. The molecule has 3 fully saturated rings. The zero-order chi connectivity index (χ0) is 38.5. The first kappa shape index (κ1) is 36.5. The van der Waals surface area contributed by atoms with Crippen molar-refractivity contribution in [2.45, 2.75) is 93.7 Å². The highest BCUT2D eigenvalue weighted by atomic mass is 32.2. The van der Waals surface area contributed by atoms with Gasteiger partial charge in [0.2, 0.25) is 27.7 Å². The second-order valence-corrected chi connectivity index (χ2v) is 17.0. The van der Waals surface area contributed by atoms with Crippen LogP contribution in [0, 0.1) is 12.8 Å². The molecule has 4 aromatic rings. The first-order valence-electron chi connectivity index (χ1n) is 18.8. The van der Waals surface area contributed by atoms with E-state index in [4.69, 9.17) is 4.74 Å². The first-order chi connectivity index (χ1) is 26.4. The lowest BCUT2D eigenvalue weighted by Gasteiger charge is -2.29. The summed E-state index contributed by atoms with van der Waals surface area (Å²) < 4.78 is 36.1. The molecule has 2 aliphatic heterocycles. The van der Waals surface area contributed by atoms with E-state index in [9.17, 15) is 27.6 Å². The van der Waals surface area contributed by atoms with Gasteiger partial charge in [-0.25, -0.2) is 18.4 Å². The third kappa shape index (κ3) is 7.24. The quantitative estimate of drug-likeness (QED) is 0.184.